The highest BCUT2D eigenvalue weighted by molar-refractivity contribution is 8.14. The van der Waals surface area contributed by atoms with Gasteiger partial charge in [-0.05, 0) is 13.3 Å². The van der Waals surface area contributed by atoms with E-state index in [1.807, 2.05) is 6.92 Å². The van der Waals surface area contributed by atoms with Gasteiger partial charge in [0, 0.05) is 19.8 Å². The lowest BCUT2D eigenvalue weighted by Crippen LogP contribution is -2.43. The van der Waals surface area contributed by atoms with E-state index >= 15 is 0 Å². The van der Waals surface area contributed by atoms with E-state index in [1.165, 1.54) is 0 Å². The zero-order valence-corrected chi connectivity index (χ0v) is 10.6. The van der Waals surface area contributed by atoms with Gasteiger partial charge in [-0.1, -0.05) is 18.7 Å². The van der Waals surface area contributed by atoms with Gasteiger partial charge >= 0.3 is 0 Å². The molecule has 0 aromatic rings. The van der Waals surface area contributed by atoms with Crippen LogP contribution in [0.15, 0.2) is 4.99 Å². The van der Waals surface area contributed by atoms with Crippen LogP contribution in [0.3, 0.4) is 0 Å². The van der Waals surface area contributed by atoms with Gasteiger partial charge in [-0.3, -0.25) is 9.79 Å². The van der Waals surface area contributed by atoms with E-state index in [9.17, 15) is 4.79 Å². The van der Waals surface area contributed by atoms with Gasteiger partial charge in [-0.2, -0.15) is 0 Å². The Kier molecular flexibility index (Phi) is 4.45. The Labute approximate surface area is 95.5 Å². The van der Waals surface area contributed by atoms with Crippen LogP contribution in [0.1, 0.15) is 20.3 Å². The summed E-state index contributed by atoms with van der Waals surface area (Å²) in [7, 11) is 3.53. The zero-order chi connectivity index (χ0) is 11.4. The summed E-state index contributed by atoms with van der Waals surface area (Å²) in [6.07, 6.45) is 1.06. The molecule has 1 rings (SSSR count). The van der Waals surface area contributed by atoms with Gasteiger partial charge in [-0.25, -0.2) is 0 Å². The van der Waals surface area contributed by atoms with Crippen LogP contribution in [0.4, 0.5) is 0 Å². The normalized spacial score (nSPS) is 22.1. The molecule has 0 aromatic heterocycles. The molecule has 0 aromatic carbocycles. The molecule has 1 amide bonds. The quantitative estimate of drug-likeness (QED) is 0.783. The van der Waals surface area contributed by atoms with Crippen molar-refractivity contribution in [1.29, 1.82) is 0 Å². The first-order chi connectivity index (χ1) is 7.04. The number of aliphatic imine (C=N–C) groups is 1. The molecule has 0 saturated carbocycles. The monoisotopic (exact) mass is 229 g/mol. The maximum atomic E-state index is 11.6. The largest absolute Gasteiger partial charge is 0.353 e. The number of amidine groups is 1. The Morgan fingerprint density at radius 1 is 1.73 bits per heavy atom. The van der Waals surface area contributed by atoms with Crippen LogP contribution in [0.5, 0.6) is 0 Å². The Morgan fingerprint density at radius 2 is 2.40 bits per heavy atom. The van der Waals surface area contributed by atoms with Crippen LogP contribution < -0.4 is 5.32 Å². The van der Waals surface area contributed by atoms with Gasteiger partial charge in [0.1, 0.15) is 6.04 Å². The van der Waals surface area contributed by atoms with E-state index in [1.54, 1.807) is 30.8 Å². The van der Waals surface area contributed by atoms with E-state index in [-0.39, 0.29) is 11.9 Å². The molecule has 0 saturated heterocycles. The van der Waals surface area contributed by atoms with E-state index in [0.29, 0.717) is 6.04 Å². The number of nitrogens with zero attached hydrogens (tertiary/aromatic N) is 2. The molecule has 0 aliphatic carbocycles. The lowest BCUT2D eigenvalue weighted by atomic mass is 10.3. The highest BCUT2D eigenvalue weighted by Gasteiger charge is 2.21. The van der Waals surface area contributed by atoms with Gasteiger partial charge in [0.05, 0.1) is 6.04 Å². The third kappa shape index (κ3) is 3.41. The number of hydrogen-bond acceptors (Lipinski definition) is 4. The molecule has 0 radical (unpaired) electrons. The molecule has 0 bridgehead atoms. The summed E-state index contributed by atoms with van der Waals surface area (Å²) < 4.78 is 0. The second-order valence-electron chi connectivity index (χ2n) is 3.91. The molecule has 0 spiro atoms. The maximum Gasteiger partial charge on any atom is 0.244 e. The number of carbonyl (C=O) groups is 1. The first-order valence-corrected chi connectivity index (χ1v) is 6.21. The highest BCUT2D eigenvalue weighted by Crippen LogP contribution is 2.18. The summed E-state index contributed by atoms with van der Waals surface area (Å²) >= 11 is 1.70. The smallest absolute Gasteiger partial charge is 0.244 e. The summed E-state index contributed by atoms with van der Waals surface area (Å²) in [5, 5.41) is 4.05. The molecular formula is C10H19N3OS. The van der Waals surface area contributed by atoms with Gasteiger partial charge in [-0.15, -0.1) is 0 Å². The molecular weight excluding hydrogens is 210 g/mol. The van der Waals surface area contributed by atoms with Crippen LogP contribution in [-0.2, 0) is 4.79 Å². The number of likely N-dealkylation sites (N-methyl/N-ethyl adjacent to an activating group) is 1. The maximum absolute atomic E-state index is 11.6. The fraction of sp³-hybridized carbons (Fsp3) is 0.800. The summed E-state index contributed by atoms with van der Waals surface area (Å²) in [6, 6.07) is 0.223. The molecule has 2 atom stereocenters. The highest BCUT2D eigenvalue weighted by atomic mass is 32.2. The summed E-state index contributed by atoms with van der Waals surface area (Å²) in [5.41, 5.74) is 0. The lowest BCUT2D eigenvalue weighted by Gasteiger charge is -2.18. The molecule has 5 heteroatoms. The summed E-state index contributed by atoms with van der Waals surface area (Å²) in [6.45, 7) is 4.00. The van der Waals surface area contributed by atoms with Crippen molar-refractivity contribution >= 4 is 22.8 Å². The van der Waals surface area contributed by atoms with Crippen LogP contribution in [-0.4, -0.2) is 47.9 Å². The number of carbonyl (C=O) groups excluding carboxylic acids is 1. The van der Waals surface area contributed by atoms with Crippen molar-refractivity contribution in [3.8, 4) is 0 Å². The molecule has 4 nitrogen and oxygen atoms in total. The fourth-order valence-electron chi connectivity index (χ4n) is 1.34. The van der Waals surface area contributed by atoms with Crippen molar-refractivity contribution in [3.05, 3.63) is 0 Å². The lowest BCUT2D eigenvalue weighted by molar-refractivity contribution is -0.130. The van der Waals surface area contributed by atoms with E-state index in [4.69, 9.17) is 0 Å². The minimum atomic E-state index is -0.193. The van der Waals surface area contributed by atoms with Crippen molar-refractivity contribution in [1.82, 2.24) is 10.2 Å². The molecule has 1 heterocycles. The van der Waals surface area contributed by atoms with Crippen LogP contribution in [0.2, 0.25) is 0 Å². The number of hydrogen-bond donors (Lipinski definition) is 1. The number of rotatable bonds is 3. The van der Waals surface area contributed by atoms with E-state index in [2.05, 4.69) is 17.2 Å². The Hall–Kier alpha value is -0.710. The molecule has 1 aliphatic rings. The Morgan fingerprint density at radius 3 is 2.87 bits per heavy atom. The predicted octanol–water partition coefficient (Wildman–Crippen LogP) is 0.934. The van der Waals surface area contributed by atoms with Gasteiger partial charge in [0.2, 0.25) is 5.91 Å². The van der Waals surface area contributed by atoms with Gasteiger partial charge < -0.3 is 10.2 Å². The Bertz CT molecular complexity index is 265. The van der Waals surface area contributed by atoms with Crippen molar-refractivity contribution in [2.45, 2.75) is 32.4 Å². The van der Waals surface area contributed by atoms with Gasteiger partial charge in [0.15, 0.2) is 5.17 Å². The minimum Gasteiger partial charge on any atom is -0.353 e. The summed E-state index contributed by atoms with van der Waals surface area (Å²) in [5.74, 6) is 1.11. The zero-order valence-electron chi connectivity index (χ0n) is 9.78. The molecule has 86 valence electrons. The molecule has 2 unspecified atom stereocenters. The van der Waals surface area contributed by atoms with Crippen molar-refractivity contribution < 1.29 is 4.79 Å². The molecule has 1 aliphatic heterocycles. The number of thioether (sulfide) groups is 1. The molecule has 0 fully saturated rings. The average Bonchev–Trinajstić information content (AvgIpc) is 2.64. The first-order valence-electron chi connectivity index (χ1n) is 5.23. The topological polar surface area (TPSA) is 44.7 Å². The second-order valence-corrected chi connectivity index (χ2v) is 4.91. The molecule has 1 N–H and O–H groups in total. The fourth-order valence-corrected chi connectivity index (χ4v) is 2.48. The number of amides is 1. The SMILES string of the molecule is CCC1CSC(NC(C)C(=O)N(C)C)=N1. The molecule has 15 heavy (non-hydrogen) atoms. The predicted molar refractivity (Wildman–Crippen MR) is 65.3 cm³/mol. The van der Waals surface area contributed by atoms with E-state index in [0.717, 1.165) is 17.3 Å². The standard InChI is InChI=1S/C10H19N3OS/c1-5-8-6-15-10(12-8)11-7(2)9(14)13(3)4/h7-8H,5-6H2,1-4H3,(H,11,12). The van der Waals surface area contributed by atoms with E-state index < -0.39 is 0 Å². The van der Waals surface area contributed by atoms with Crippen LogP contribution >= 0.6 is 11.8 Å². The van der Waals surface area contributed by atoms with Gasteiger partial charge in [0.25, 0.3) is 0 Å². The van der Waals surface area contributed by atoms with Crippen LogP contribution in [0, 0.1) is 0 Å². The Balaban J connectivity index is 2.45. The summed E-state index contributed by atoms with van der Waals surface area (Å²) in [4.78, 5) is 17.7. The third-order valence-corrected chi connectivity index (χ3v) is 3.38. The van der Waals surface area contributed by atoms with Crippen molar-refractivity contribution in [2.75, 3.05) is 19.8 Å². The number of nitrogens with one attached hydrogen (secondary N) is 1. The second kappa shape index (κ2) is 5.39. The third-order valence-electron chi connectivity index (χ3n) is 2.33. The van der Waals surface area contributed by atoms with Crippen LogP contribution in [0.25, 0.3) is 0 Å². The van der Waals surface area contributed by atoms with Crippen molar-refractivity contribution in [3.63, 3.8) is 0 Å². The van der Waals surface area contributed by atoms with Crippen molar-refractivity contribution in [2.24, 2.45) is 4.99 Å². The average molecular weight is 229 g/mol. The minimum absolute atomic E-state index is 0.0817. The first kappa shape index (κ1) is 12.4.